The monoisotopic (exact) mass is 211 g/mol. The van der Waals surface area contributed by atoms with E-state index in [2.05, 4.69) is 17.8 Å². The average molecular weight is 211 g/mol. The third-order valence-corrected chi connectivity index (χ3v) is 4.85. The lowest BCUT2D eigenvalue weighted by atomic mass is 9.91. The summed E-state index contributed by atoms with van der Waals surface area (Å²) in [7, 11) is 0. The van der Waals surface area contributed by atoms with Gasteiger partial charge in [-0.3, -0.25) is 0 Å². The molecule has 1 aliphatic carbocycles. The molecular weight excluding hydrogens is 190 g/mol. The van der Waals surface area contributed by atoms with E-state index in [1.165, 1.54) is 50.7 Å². The number of rotatable bonds is 2. The van der Waals surface area contributed by atoms with Crippen molar-refractivity contribution in [2.45, 2.75) is 56.2 Å². The number of thioether (sulfide) groups is 1. The van der Waals surface area contributed by atoms with Crippen molar-refractivity contribution in [3.05, 3.63) is 11.6 Å². The molecule has 1 fully saturated rings. The Bertz CT molecular complexity index is 206. The molecule has 1 nitrogen and oxygen atoms in total. The minimum Gasteiger partial charge on any atom is -0.323 e. The maximum Gasteiger partial charge on any atom is 0.0374 e. The Balaban J connectivity index is 1.91. The van der Waals surface area contributed by atoms with Gasteiger partial charge < -0.3 is 5.73 Å². The third-order valence-electron chi connectivity index (χ3n) is 3.37. The highest BCUT2D eigenvalue weighted by molar-refractivity contribution is 8.00. The molecule has 1 saturated heterocycles. The van der Waals surface area contributed by atoms with Crippen LogP contribution in [0, 0.1) is 0 Å². The first-order valence-electron chi connectivity index (χ1n) is 5.94. The van der Waals surface area contributed by atoms with Crippen LogP contribution in [-0.2, 0) is 0 Å². The Labute approximate surface area is 91.5 Å². The zero-order valence-electron chi connectivity index (χ0n) is 8.87. The molecule has 14 heavy (non-hydrogen) atoms. The second kappa shape index (κ2) is 5.22. The lowest BCUT2D eigenvalue weighted by Crippen LogP contribution is -2.36. The van der Waals surface area contributed by atoms with E-state index in [1.807, 2.05) is 0 Å². The van der Waals surface area contributed by atoms with Gasteiger partial charge in [0.15, 0.2) is 0 Å². The molecule has 0 bridgehead atoms. The SMILES string of the molecule is NC(C1=CCCCC1)C1CCCCS1. The zero-order valence-corrected chi connectivity index (χ0v) is 9.69. The van der Waals surface area contributed by atoms with Gasteiger partial charge in [-0.15, -0.1) is 0 Å². The standard InChI is InChI=1S/C12H21NS/c13-12(10-6-2-1-3-7-10)11-8-4-5-9-14-11/h6,11-12H,1-5,7-9,13H2. The smallest absolute Gasteiger partial charge is 0.0374 e. The van der Waals surface area contributed by atoms with Crippen LogP contribution in [0.4, 0.5) is 0 Å². The minimum absolute atomic E-state index is 0.362. The minimum atomic E-state index is 0.362. The Morgan fingerprint density at radius 2 is 2.21 bits per heavy atom. The van der Waals surface area contributed by atoms with Gasteiger partial charge in [0.2, 0.25) is 0 Å². The van der Waals surface area contributed by atoms with E-state index >= 15 is 0 Å². The van der Waals surface area contributed by atoms with E-state index in [4.69, 9.17) is 5.73 Å². The van der Waals surface area contributed by atoms with Gasteiger partial charge in [0, 0.05) is 11.3 Å². The Kier molecular flexibility index (Phi) is 3.94. The largest absolute Gasteiger partial charge is 0.323 e. The van der Waals surface area contributed by atoms with Crippen LogP contribution in [-0.4, -0.2) is 17.0 Å². The normalized spacial score (nSPS) is 30.9. The fourth-order valence-electron chi connectivity index (χ4n) is 2.45. The van der Waals surface area contributed by atoms with Gasteiger partial charge in [-0.1, -0.05) is 18.1 Å². The van der Waals surface area contributed by atoms with Crippen LogP contribution < -0.4 is 5.73 Å². The molecule has 1 heterocycles. The van der Waals surface area contributed by atoms with Crippen molar-refractivity contribution in [2.24, 2.45) is 5.73 Å². The summed E-state index contributed by atoms with van der Waals surface area (Å²) in [5.74, 6) is 1.33. The quantitative estimate of drug-likeness (QED) is 0.710. The highest BCUT2D eigenvalue weighted by atomic mass is 32.2. The van der Waals surface area contributed by atoms with Crippen molar-refractivity contribution in [2.75, 3.05) is 5.75 Å². The van der Waals surface area contributed by atoms with Gasteiger partial charge in [-0.25, -0.2) is 0 Å². The van der Waals surface area contributed by atoms with E-state index in [0.29, 0.717) is 11.3 Å². The number of hydrogen-bond donors (Lipinski definition) is 1. The van der Waals surface area contributed by atoms with Gasteiger partial charge >= 0.3 is 0 Å². The van der Waals surface area contributed by atoms with Gasteiger partial charge in [0.25, 0.3) is 0 Å². The van der Waals surface area contributed by atoms with Crippen molar-refractivity contribution in [1.82, 2.24) is 0 Å². The topological polar surface area (TPSA) is 26.0 Å². The van der Waals surface area contributed by atoms with E-state index in [1.54, 1.807) is 5.57 Å². The summed E-state index contributed by atoms with van der Waals surface area (Å²) in [6.45, 7) is 0. The number of hydrogen-bond acceptors (Lipinski definition) is 2. The molecular formula is C12H21NS. The number of nitrogens with two attached hydrogens (primary N) is 1. The van der Waals surface area contributed by atoms with Gasteiger partial charge in [0.05, 0.1) is 0 Å². The summed E-state index contributed by atoms with van der Waals surface area (Å²) in [4.78, 5) is 0. The lowest BCUT2D eigenvalue weighted by Gasteiger charge is -2.30. The fraction of sp³-hybridized carbons (Fsp3) is 0.833. The fourth-order valence-corrected chi connectivity index (χ4v) is 3.84. The van der Waals surface area contributed by atoms with E-state index < -0.39 is 0 Å². The Hall–Kier alpha value is 0.0500. The molecule has 0 amide bonds. The molecule has 2 rings (SSSR count). The van der Waals surface area contributed by atoms with Crippen molar-refractivity contribution in [1.29, 1.82) is 0 Å². The molecule has 0 aromatic heterocycles. The van der Waals surface area contributed by atoms with E-state index in [0.717, 1.165) is 0 Å². The summed E-state index contributed by atoms with van der Waals surface area (Å²) < 4.78 is 0. The highest BCUT2D eigenvalue weighted by Crippen LogP contribution is 2.31. The van der Waals surface area contributed by atoms with Crippen LogP contribution >= 0.6 is 11.8 Å². The molecule has 1 aliphatic heterocycles. The van der Waals surface area contributed by atoms with Crippen LogP contribution in [0.5, 0.6) is 0 Å². The summed E-state index contributed by atoms with van der Waals surface area (Å²) in [5.41, 5.74) is 7.89. The predicted molar refractivity (Wildman–Crippen MR) is 64.6 cm³/mol. The molecule has 2 atom stereocenters. The van der Waals surface area contributed by atoms with E-state index in [-0.39, 0.29) is 0 Å². The van der Waals surface area contributed by atoms with Crippen molar-refractivity contribution in [3.8, 4) is 0 Å². The van der Waals surface area contributed by atoms with Crippen LogP contribution in [0.15, 0.2) is 11.6 Å². The second-order valence-corrected chi connectivity index (χ2v) is 5.80. The lowest BCUT2D eigenvalue weighted by molar-refractivity contribution is 0.568. The first-order chi connectivity index (χ1) is 6.88. The molecule has 2 heteroatoms. The van der Waals surface area contributed by atoms with Crippen LogP contribution in [0.1, 0.15) is 44.9 Å². The first-order valence-corrected chi connectivity index (χ1v) is 6.99. The van der Waals surface area contributed by atoms with Crippen LogP contribution in [0.3, 0.4) is 0 Å². The predicted octanol–water partition coefficient (Wildman–Crippen LogP) is 3.10. The molecule has 2 unspecified atom stereocenters. The maximum absolute atomic E-state index is 6.33. The van der Waals surface area contributed by atoms with Crippen molar-refractivity contribution >= 4 is 11.8 Å². The Morgan fingerprint density at radius 1 is 1.29 bits per heavy atom. The highest BCUT2D eigenvalue weighted by Gasteiger charge is 2.24. The average Bonchev–Trinajstić information content (AvgIpc) is 2.30. The summed E-state index contributed by atoms with van der Waals surface area (Å²) in [6, 6.07) is 0.362. The summed E-state index contributed by atoms with van der Waals surface area (Å²) in [6.07, 6.45) is 11.8. The molecule has 2 N–H and O–H groups in total. The summed E-state index contributed by atoms with van der Waals surface area (Å²) >= 11 is 2.10. The summed E-state index contributed by atoms with van der Waals surface area (Å²) in [5, 5.41) is 0.716. The van der Waals surface area contributed by atoms with Crippen molar-refractivity contribution < 1.29 is 0 Å². The third kappa shape index (κ3) is 2.54. The maximum atomic E-state index is 6.33. The Morgan fingerprint density at radius 3 is 2.86 bits per heavy atom. The van der Waals surface area contributed by atoms with Gasteiger partial charge in [-0.05, 0) is 44.3 Å². The first kappa shape index (κ1) is 10.6. The van der Waals surface area contributed by atoms with Gasteiger partial charge in [-0.2, -0.15) is 11.8 Å². The molecule has 2 aliphatic rings. The zero-order chi connectivity index (χ0) is 9.80. The van der Waals surface area contributed by atoms with Crippen LogP contribution in [0.2, 0.25) is 0 Å². The van der Waals surface area contributed by atoms with Gasteiger partial charge in [0.1, 0.15) is 0 Å². The van der Waals surface area contributed by atoms with E-state index in [9.17, 15) is 0 Å². The molecule has 0 aromatic carbocycles. The van der Waals surface area contributed by atoms with Crippen molar-refractivity contribution in [3.63, 3.8) is 0 Å². The molecule has 0 radical (unpaired) electrons. The van der Waals surface area contributed by atoms with Crippen LogP contribution in [0.25, 0.3) is 0 Å². The molecule has 0 aromatic rings. The second-order valence-electron chi connectivity index (χ2n) is 4.46. The molecule has 0 spiro atoms. The number of allylic oxidation sites excluding steroid dienone is 1. The molecule has 80 valence electrons. The molecule has 0 saturated carbocycles.